The minimum atomic E-state index is -1.12. The highest BCUT2D eigenvalue weighted by atomic mass is 35.5. The number of anilines is 1. The van der Waals surface area contributed by atoms with Gasteiger partial charge in [0.15, 0.2) is 5.13 Å². The summed E-state index contributed by atoms with van der Waals surface area (Å²) in [4.78, 5) is 43.5. The molecule has 10 heteroatoms. The van der Waals surface area contributed by atoms with Crippen LogP contribution in [0.5, 0.6) is 0 Å². The number of benzene rings is 3. The van der Waals surface area contributed by atoms with Crippen molar-refractivity contribution < 1.29 is 19.6 Å². The summed E-state index contributed by atoms with van der Waals surface area (Å²) in [5.41, 5.74) is 2.82. The Labute approximate surface area is 214 Å². The lowest BCUT2D eigenvalue weighted by molar-refractivity contribution is -0.384. The largest absolute Gasteiger partial charge is 0.507 e. The number of aliphatic hydroxyl groups excluding tert-OH is 1. The molecular formula is C26H18ClN3O5S. The van der Waals surface area contributed by atoms with Gasteiger partial charge in [-0.1, -0.05) is 41.1 Å². The van der Waals surface area contributed by atoms with Crippen molar-refractivity contribution in [1.82, 2.24) is 4.98 Å². The molecule has 1 N–H and O–H groups in total. The van der Waals surface area contributed by atoms with Crippen LogP contribution in [0.4, 0.5) is 10.8 Å². The predicted molar refractivity (Wildman–Crippen MR) is 138 cm³/mol. The van der Waals surface area contributed by atoms with E-state index in [1.54, 1.807) is 18.2 Å². The van der Waals surface area contributed by atoms with Crippen molar-refractivity contribution in [2.45, 2.75) is 19.9 Å². The number of thiazole rings is 1. The number of aromatic nitrogens is 1. The fourth-order valence-electron chi connectivity index (χ4n) is 4.38. The van der Waals surface area contributed by atoms with E-state index in [0.29, 0.717) is 16.1 Å². The molecule has 4 aromatic rings. The number of Topliss-reactive ketones (excluding diaryl/α,β-unsaturated/α-hetero) is 1. The third-order valence-electron chi connectivity index (χ3n) is 5.98. The highest BCUT2D eigenvalue weighted by Crippen LogP contribution is 2.45. The Balaban J connectivity index is 1.76. The lowest BCUT2D eigenvalue weighted by atomic mass is 9.95. The molecule has 36 heavy (non-hydrogen) atoms. The number of nitro groups is 1. The Morgan fingerprint density at radius 3 is 2.53 bits per heavy atom. The Morgan fingerprint density at radius 1 is 1.11 bits per heavy atom. The highest BCUT2D eigenvalue weighted by Gasteiger charge is 2.48. The molecule has 1 aliphatic rings. The van der Waals surface area contributed by atoms with E-state index in [4.69, 9.17) is 11.6 Å². The summed E-state index contributed by atoms with van der Waals surface area (Å²) in [6, 6.07) is 14.6. The molecule has 0 spiro atoms. The van der Waals surface area contributed by atoms with E-state index in [2.05, 4.69) is 4.98 Å². The molecule has 2 heterocycles. The monoisotopic (exact) mass is 519 g/mol. The number of aryl methyl sites for hydroxylation is 2. The van der Waals surface area contributed by atoms with Gasteiger partial charge in [-0.3, -0.25) is 24.6 Å². The number of ketones is 1. The van der Waals surface area contributed by atoms with Crippen molar-refractivity contribution >= 4 is 61.4 Å². The molecule has 1 fully saturated rings. The molecule has 0 saturated carbocycles. The molecule has 1 atom stereocenters. The zero-order valence-electron chi connectivity index (χ0n) is 19.1. The molecular weight excluding hydrogens is 502 g/mol. The number of amides is 1. The van der Waals surface area contributed by atoms with Crippen LogP contribution in [0.1, 0.15) is 28.3 Å². The second kappa shape index (κ2) is 8.85. The smallest absolute Gasteiger partial charge is 0.301 e. The van der Waals surface area contributed by atoms with E-state index in [1.165, 1.54) is 46.6 Å². The van der Waals surface area contributed by atoms with E-state index in [-0.39, 0.29) is 22.0 Å². The molecule has 8 nitrogen and oxygen atoms in total. The minimum absolute atomic E-state index is 0.185. The topological polar surface area (TPSA) is 114 Å². The number of carbonyl (C=O) groups excluding carboxylic acids is 2. The second-order valence-electron chi connectivity index (χ2n) is 8.45. The van der Waals surface area contributed by atoms with Crippen LogP contribution >= 0.6 is 22.9 Å². The van der Waals surface area contributed by atoms with Crippen LogP contribution < -0.4 is 4.90 Å². The number of rotatable bonds is 4. The number of nitro benzene ring substituents is 1. The SMILES string of the molecule is Cc1cc(C)c2nc(N3C(=O)C(=O)/C(=C(/O)c4ccc(Cl)cc4)[C@H]3c3cccc([N+](=O)[O-])c3)sc2c1. The Bertz CT molecular complexity index is 1610. The molecule has 0 unspecified atom stereocenters. The molecule has 180 valence electrons. The lowest BCUT2D eigenvalue weighted by Gasteiger charge is -2.22. The fourth-order valence-corrected chi connectivity index (χ4v) is 5.67. The molecule has 1 amide bonds. The third-order valence-corrected chi connectivity index (χ3v) is 7.24. The zero-order chi connectivity index (χ0) is 25.7. The Kier molecular flexibility index (Phi) is 5.82. The van der Waals surface area contributed by atoms with Crippen LogP contribution in [0, 0.1) is 24.0 Å². The van der Waals surface area contributed by atoms with Crippen molar-refractivity contribution in [2.24, 2.45) is 0 Å². The number of halogens is 1. The first-order valence-corrected chi connectivity index (χ1v) is 12.0. The Morgan fingerprint density at radius 2 is 1.83 bits per heavy atom. The average molecular weight is 520 g/mol. The van der Waals surface area contributed by atoms with Crippen LogP contribution in [0.15, 0.2) is 66.2 Å². The van der Waals surface area contributed by atoms with Gasteiger partial charge in [0.05, 0.1) is 26.8 Å². The van der Waals surface area contributed by atoms with Crippen molar-refractivity contribution in [2.75, 3.05) is 4.90 Å². The highest BCUT2D eigenvalue weighted by molar-refractivity contribution is 7.22. The first kappa shape index (κ1) is 23.7. The van der Waals surface area contributed by atoms with E-state index >= 15 is 0 Å². The van der Waals surface area contributed by atoms with Gasteiger partial charge >= 0.3 is 5.91 Å². The van der Waals surface area contributed by atoms with Crippen LogP contribution in [0.25, 0.3) is 16.0 Å². The maximum atomic E-state index is 13.4. The summed E-state index contributed by atoms with van der Waals surface area (Å²) in [6.45, 7) is 3.86. The summed E-state index contributed by atoms with van der Waals surface area (Å²) in [7, 11) is 0. The molecule has 0 radical (unpaired) electrons. The Hall–Kier alpha value is -4.08. The molecule has 3 aromatic carbocycles. The number of non-ortho nitro benzene ring substituents is 1. The fraction of sp³-hybridized carbons (Fsp3) is 0.115. The van der Waals surface area contributed by atoms with E-state index in [1.807, 2.05) is 26.0 Å². The normalized spacial score (nSPS) is 17.2. The summed E-state index contributed by atoms with van der Waals surface area (Å²) in [6.07, 6.45) is 0. The first-order valence-electron chi connectivity index (χ1n) is 10.8. The van der Waals surface area contributed by atoms with Crippen LogP contribution in [0.3, 0.4) is 0 Å². The first-order chi connectivity index (χ1) is 17.2. The minimum Gasteiger partial charge on any atom is -0.507 e. The maximum Gasteiger partial charge on any atom is 0.301 e. The van der Waals surface area contributed by atoms with Crippen molar-refractivity contribution in [1.29, 1.82) is 0 Å². The maximum absolute atomic E-state index is 13.4. The van der Waals surface area contributed by atoms with Gasteiger partial charge in [0, 0.05) is 22.7 Å². The summed E-state index contributed by atoms with van der Waals surface area (Å²) < 4.78 is 0.833. The number of carbonyl (C=O) groups is 2. The van der Waals surface area contributed by atoms with Crippen LogP contribution in [-0.4, -0.2) is 26.7 Å². The quantitative estimate of drug-likeness (QED) is 0.114. The van der Waals surface area contributed by atoms with Gasteiger partial charge in [0.1, 0.15) is 5.76 Å². The molecule has 5 rings (SSSR count). The van der Waals surface area contributed by atoms with Crippen molar-refractivity contribution in [3.05, 3.63) is 104 Å². The molecule has 1 aliphatic heterocycles. The standard InChI is InChI=1S/C26H18ClN3O5S/c1-13-10-14(2)21-19(11-13)36-26(28-21)29-22(16-4-3-5-18(12-16)30(34)35)20(24(32)25(29)33)23(31)15-6-8-17(27)9-7-15/h3-12,22,31H,1-2H3/b23-20+/t22-/m1/s1. The lowest BCUT2D eigenvalue weighted by Crippen LogP contribution is -2.29. The number of hydrogen-bond acceptors (Lipinski definition) is 7. The zero-order valence-corrected chi connectivity index (χ0v) is 20.6. The van der Waals surface area contributed by atoms with Gasteiger partial charge in [-0.15, -0.1) is 0 Å². The number of hydrogen-bond donors (Lipinski definition) is 1. The van der Waals surface area contributed by atoms with Crippen molar-refractivity contribution in [3.63, 3.8) is 0 Å². The van der Waals surface area contributed by atoms with Crippen LogP contribution in [0.2, 0.25) is 5.02 Å². The average Bonchev–Trinajstić information content (AvgIpc) is 3.38. The predicted octanol–water partition coefficient (Wildman–Crippen LogP) is 6.10. The third kappa shape index (κ3) is 3.92. The van der Waals surface area contributed by atoms with E-state index < -0.39 is 28.4 Å². The molecule has 0 bridgehead atoms. The molecule has 1 aromatic heterocycles. The second-order valence-corrected chi connectivity index (χ2v) is 9.90. The van der Waals surface area contributed by atoms with Crippen molar-refractivity contribution in [3.8, 4) is 0 Å². The summed E-state index contributed by atoms with van der Waals surface area (Å²) in [5, 5.41) is 23.3. The molecule has 1 saturated heterocycles. The molecule has 0 aliphatic carbocycles. The van der Waals surface area contributed by atoms with Gasteiger partial charge in [-0.05, 0) is 60.9 Å². The summed E-state index contributed by atoms with van der Waals surface area (Å²) >= 11 is 7.20. The number of aliphatic hydroxyl groups is 1. The van der Waals surface area contributed by atoms with Gasteiger partial charge in [0.2, 0.25) is 0 Å². The van der Waals surface area contributed by atoms with Gasteiger partial charge in [0.25, 0.3) is 11.5 Å². The summed E-state index contributed by atoms with van der Waals surface area (Å²) in [5.74, 6) is -2.20. The van der Waals surface area contributed by atoms with E-state index in [9.17, 15) is 24.8 Å². The number of nitrogens with zero attached hydrogens (tertiary/aromatic N) is 3. The van der Waals surface area contributed by atoms with Gasteiger partial charge < -0.3 is 5.11 Å². The van der Waals surface area contributed by atoms with Gasteiger partial charge in [-0.2, -0.15) is 0 Å². The van der Waals surface area contributed by atoms with Gasteiger partial charge in [-0.25, -0.2) is 4.98 Å². The van der Waals surface area contributed by atoms with Crippen LogP contribution in [-0.2, 0) is 9.59 Å². The van der Waals surface area contributed by atoms with E-state index in [0.717, 1.165) is 15.8 Å². The number of fused-ring (bicyclic) bond motifs is 1.